The first-order chi connectivity index (χ1) is 30.4. The Morgan fingerprint density at radius 3 is 1.43 bits per heavy atom. The highest BCUT2D eigenvalue weighted by Gasteiger charge is 2.48. The van der Waals surface area contributed by atoms with Crippen LogP contribution in [-0.2, 0) is 28.9 Å². The molecular formula is C49H95NO12S. The van der Waals surface area contributed by atoms with Gasteiger partial charge in [0.2, 0.25) is 5.91 Å². The smallest absolute Gasteiger partial charge is 0.394 e. The molecule has 0 aromatic heterocycles. The van der Waals surface area contributed by atoms with Gasteiger partial charge in [0.05, 0.1) is 25.4 Å². The van der Waals surface area contributed by atoms with Crippen LogP contribution in [-0.4, -0.2) is 107 Å². The minimum atomic E-state index is -5.11. The van der Waals surface area contributed by atoms with Crippen molar-refractivity contribution in [1.82, 2.24) is 5.32 Å². The molecule has 374 valence electrons. The van der Waals surface area contributed by atoms with E-state index >= 15 is 0 Å². The lowest BCUT2D eigenvalue weighted by molar-refractivity contribution is -0.298. The number of hydrogen-bond acceptors (Lipinski definition) is 11. The molecule has 14 heteroatoms. The fourth-order valence-electron chi connectivity index (χ4n) is 8.34. The predicted molar refractivity (Wildman–Crippen MR) is 252 cm³/mol. The molecule has 0 spiro atoms. The van der Waals surface area contributed by atoms with Crippen molar-refractivity contribution in [3.63, 3.8) is 0 Å². The molecule has 1 aliphatic rings. The molecule has 8 atom stereocenters. The van der Waals surface area contributed by atoms with Crippen molar-refractivity contribution in [3.8, 4) is 0 Å². The molecule has 1 heterocycles. The van der Waals surface area contributed by atoms with E-state index in [0.717, 1.165) is 51.4 Å². The predicted octanol–water partition coefficient (Wildman–Crippen LogP) is 9.70. The molecule has 1 amide bonds. The van der Waals surface area contributed by atoms with Gasteiger partial charge in [-0.2, -0.15) is 8.42 Å². The third-order valence-corrected chi connectivity index (χ3v) is 12.9. The Morgan fingerprint density at radius 2 is 1.02 bits per heavy atom. The van der Waals surface area contributed by atoms with E-state index in [1.54, 1.807) is 0 Å². The van der Waals surface area contributed by atoms with Crippen molar-refractivity contribution in [2.45, 2.75) is 281 Å². The lowest BCUT2D eigenvalue weighted by Gasteiger charge is -2.41. The summed E-state index contributed by atoms with van der Waals surface area (Å²) in [5.74, 6) is -0.675. The van der Waals surface area contributed by atoms with Crippen molar-refractivity contribution in [2.24, 2.45) is 0 Å². The lowest BCUT2D eigenvalue weighted by atomic mass is 9.99. The largest absolute Gasteiger partial charge is 0.397 e. The fraction of sp³-hybridized carbons (Fsp3) is 0.939. The molecule has 7 N–H and O–H groups in total. The van der Waals surface area contributed by atoms with Gasteiger partial charge in [0.15, 0.2) is 6.29 Å². The second kappa shape index (κ2) is 39.9. The van der Waals surface area contributed by atoms with Crippen LogP contribution in [0, 0.1) is 0 Å². The summed E-state index contributed by atoms with van der Waals surface area (Å²) in [6.45, 7) is 3.29. The first-order valence-electron chi connectivity index (χ1n) is 25.7. The number of amides is 1. The normalized spacial score (nSPS) is 20.9. The van der Waals surface area contributed by atoms with Gasteiger partial charge in [-0.1, -0.05) is 206 Å². The molecule has 0 saturated carbocycles. The Labute approximate surface area is 383 Å². The summed E-state index contributed by atoms with van der Waals surface area (Å²) in [5, 5.41) is 55.5. The first-order valence-corrected chi connectivity index (χ1v) is 27.0. The van der Waals surface area contributed by atoms with Gasteiger partial charge in [-0.3, -0.25) is 9.35 Å². The molecule has 0 aromatic rings. The molecule has 8 unspecified atom stereocenters. The first kappa shape index (κ1) is 59.8. The summed E-state index contributed by atoms with van der Waals surface area (Å²) >= 11 is 0. The summed E-state index contributed by atoms with van der Waals surface area (Å²) in [5.41, 5.74) is 0. The molecule has 0 bridgehead atoms. The summed E-state index contributed by atoms with van der Waals surface area (Å²) in [4.78, 5) is 13.2. The van der Waals surface area contributed by atoms with Gasteiger partial charge in [-0.25, -0.2) is 4.18 Å². The third-order valence-electron chi connectivity index (χ3n) is 12.4. The molecule has 0 aliphatic carbocycles. The van der Waals surface area contributed by atoms with Crippen LogP contribution in [0.4, 0.5) is 0 Å². The second-order valence-corrected chi connectivity index (χ2v) is 19.3. The van der Waals surface area contributed by atoms with E-state index < -0.39 is 78.5 Å². The number of aliphatic hydroxyl groups excluding tert-OH is 5. The number of carbonyl (C=O) groups is 1. The van der Waals surface area contributed by atoms with E-state index in [1.807, 2.05) is 0 Å². The van der Waals surface area contributed by atoms with Crippen LogP contribution >= 0.6 is 0 Å². The van der Waals surface area contributed by atoms with Crippen LogP contribution in [0.1, 0.15) is 232 Å². The van der Waals surface area contributed by atoms with E-state index in [1.165, 1.54) is 141 Å². The average molecular weight is 922 g/mol. The highest BCUT2D eigenvalue weighted by atomic mass is 32.3. The van der Waals surface area contributed by atoms with Gasteiger partial charge < -0.3 is 40.3 Å². The highest BCUT2D eigenvalue weighted by Crippen LogP contribution is 2.26. The van der Waals surface area contributed by atoms with Gasteiger partial charge in [0, 0.05) is 0 Å². The molecule has 1 rings (SSSR count). The van der Waals surface area contributed by atoms with Crippen LogP contribution in [0.5, 0.6) is 0 Å². The van der Waals surface area contributed by atoms with Crippen molar-refractivity contribution in [2.75, 3.05) is 13.2 Å². The fourth-order valence-corrected chi connectivity index (χ4v) is 8.85. The number of unbranched alkanes of at least 4 members (excludes halogenated alkanes) is 29. The third kappa shape index (κ3) is 32.2. The van der Waals surface area contributed by atoms with Crippen LogP contribution in [0.25, 0.3) is 0 Å². The zero-order valence-electron chi connectivity index (χ0n) is 39.8. The van der Waals surface area contributed by atoms with Crippen molar-refractivity contribution in [3.05, 3.63) is 12.2 Å². The molecule has 0 radical (unpaired) electrons. The Hall–Kier alpha value is -1.20. The molecule has 1 aliphatic heterocycles. The molecule has 63 heavy (non-hydrogen) atoms. The molecule has 1 fully saturated rings. The van der Waals surface area contributed by atoms with Gasteiger partial charge in [0.1, 0.15) is 30.5 Å². The van der Waals surface area contributed by atoms with Gasteiger partial charge in [-0.05, 0) is 38.5 Å². The number of ether oxygens (including phenoxy) is 2. The van der Waals surface area contributed by atoms with Crippen LogP contribution in [0.3, 0.4) is 0 Å². The Bertz CT molecular complexity index is 1190. The Balaban J connectivity index is 2.50. The van der Waals surface area contributed by atoms with E-state index in [-0.39, 0.29) is 6.42 Å². The number of carbonyl (C=O) groups excluding carboxylic acids is 1. The zero-order chi connectivity index (χ0) is 46.4. The van der Waals surface area contributed by atoms with E-state index in [4.69, 9.17) is 9.47 Å². The van der Waals surface area contributed by atoms with Gasteiger partial charge in [-0.15, -0.1) is 0 Å². The van der Waals surface area contributed by atoms with Crippen molar-refractivity contribution >= 4 is 16.3 Å². The Morgan fingerprint density at radius 1 is 0.619 bits per heavy atom. The van der Waals surface area contributed by atoms with E-state index in [2.05, 4.69) is 35.5 Å². The quantitative estimate of drug-likeness (QED) is 0.0173. The summed E-state index contributed by atoms with van der Waals surface area (Å²) < 4.78 is 47.7. The van der Waals surface area contributed by atoms with E-state index in [0.29, 0.717) is 19.3 Å². The monoisotopic (exact) mass is 922 g/mol. The lowest BCUT2D eigenvalue weighted by Crippen LogP contribution is -2.61. The molecule has 13 nitrogen and oxygen atoms in total. The molecular weight excluding hydrogens is 827 g/mol. The zero-order valence-corrected chi connectivity index (χ0v) is 40.6. The maximum Gasteiger partial charge on any atom is 0.397 e. The number of allylic oxidation sites excluding steroid dienone is 2. The van der Waals surface area contributed by atoms with Crippen LogP contribution in [0.2, 0.25) is 0 Å². The summed E-state index contributed by atoms with van der Waals surface area (Å²) in [6, 6.07) is -1.04. The molecule has 0 aromatic carbocycles. The van der Waals surface area contributed by atoms with Crippen LogP contribution < -0.4 is 5.32 Å². The SMILES string of the molecule is CCCCCCCCC/C=C\CCCCCCC(O)C(=O)NC(COC1OC(CO)C(O)C(OS(=O)(=O)O)C1O)C(O)CCCCCCCCCCCCCCCCCCCCC. The minimum absolute atomic E-state index is 0.248. The maximum atomic E-state index is 13.2. The summed E-state index contributed by atoms with van der Waals surface area (Å²) in [6.07, 6.45) is 32.4. The standard InChI is InChI=1S/C49H95NO12S/c1-3-5-7-9-11-13-15-17-19-20-21-22-24-25-27-29-31-33-35-37-42(52)41(40-60-49-46(55)47(62-63(57,58)59)45(54)44(39-51)61-49)50-48(56)43(53)38-36-34-32-30-28-26-23-18-16-14-12-10-8-6-4-2/h23,26,41-47,49,51-55H,3-22,24-25,27-40H2,1-2H3,(H,50,56)(H,57,58,59)/b26-23-. The average Bonchev–Trinajstić information content (AvgIpc) is 3.25. The molecule has 1 saturated heterocycles. The highest BCUT2D eigenvalue weighted by molar-refractivity contribution is 7.80. The number of rotatable bonds is 44. The van der Waals surface area contributed by atoms with Gasteiger partial charge in [0.25, 0.3) is 0 Å². The number of nitrogens with one attached hydrogen (secondary N) is 1. The number of hydrogen-bond donors (Lipinski definition) is 7. The second-order valence-electron chi connectivity index (χ2n) is 18.3. The summed E-state index contributed by atoms with van der Waals surface area (Å²) in [7, 11) is -5.11. The van der Waals surface area contributed by atoms with Crippen LogP contribution in [0.15, 0.2) is 12.2 Å². The minimum Gasteiger partial charge on any atom is -0.394 e. The van der Waals surface area contributed by atoms with Gasteiger partial charge >= 0.3 is 10.4 Å². The van der Waals surface area contributed by atoms with E-state index in [9.17, 15) is 43.3 Å². The van der Waals surface area contributed by atoms with Crippen molar-refractivity contribution in [1.29, 1.82) is 0 Å². The van der Waals surface area contributed by atoms with Crippen molar-refractivity contribution < 1.29 is 57.0 Å². The maximum absolute atomic E-state index is 13.2. The Kier molecular flexibility index (Phi) is 37.9. The number of aliphatic hydroxyl groups is 5. The topological polar surface area (TPSA) is 212 Å².